The molecule has 0 aromatic carbocycles. The quantitative estimate of drug-likeness (QED) is 0.668. The molecule has 6 nitrogen and oxygen atoms in total. The van der Waals surface area contributed by atoms with E-state index in [0.29, 0.717) is 5.56 Å². The molecule has 0 saturated carbocycles. The molecule has 1 aliphatic heterocycles. The Morgan fingerprint density at radius 2 is 2.30 bits per heavy atom. The number of halogens is 2. The van der Waals surface area contributed by atoms with Crippen molar-refractivity contribution in [1.29, 1.82) is 0 Å². The molecule has 9 heteroatoms. The predicted octanol–water partition coefficient (Wildman–Crippen LogP) is 2.34. The van der Waals surface area contributed by atoms with E-state index in [1.165, 1.54) is 6.20 Å². The van der Waals surface area contributed by atoms with Gasteiger partial charge in [-0.25, -0.2) is 13.6 Å². The number of alkyl halides is 2. The Kier molecular flexibility index (Phi) is 5.00. The lowest BCUT2D eigenvalue weighted by atomic mass is 10.1. The molecule has 1 saturated heterocycles. The van der Waals surface area contributed by atoms with Gasteiger partial charge in [-0.15, -0.1) is 0 Å². The molecule has 0 unspecified atom stereocenters. The van der Waals surface area contributed by atoms with Gasteiger partial charge in [-0.3, -0.25) is 14.3 Å². The van der Waals surface area contributed by atoms with E-state index < -0.39 is 42.4 Å². The molecular weight excluding hydrogens is 330 g/mol. The largest absolute Gasteiger partial charge is 0.459 e. The van der Waals surface area contributed by atoms with Gasteiger partial charge in [0, 0.05) is 18.2 Å². The Morgan fingerprint density at radius 3 is 2.91 bits per heavy atom. The fourth-order valence-corrected chi connectivity index (χ4v) is 2.27. The fraction of sp³-hybridized carbons (Fsp3) is 0.643. The number of nitrogens with zero attached hydrogens (tertiary/aromatic N) is 1. The van der Waals surface area contributed by atoms with Gasteiger partial charge in [0.2, 0.25) is 0 Å². The first kappa shape index (κ1) is 17.7. The molecule has 0 radical (unpaired) electrons. The van der Waals surface area contributed by atoms with Gasteiger partial charge >= 0.3 is 11.7 Å². The van der Waals surface area contributed by atoms with Crippen LogP contribution in [-0.2, 0) is 14.3 Å². The van der Waals surface area contributed by atoms with Crippen molar-refractivity contribution in [1.82, 2.24) is 9.55 Å². The number of aryl methyl sites for hydroxylation is 1. The van der Waals surface area contributed by atoms with E-state index in [-0.39, 0.29) is 11.1 Å². The summed E-state index contributed by atoms with van der Waals surface area (Å²) < 4.78 is 39.7. The van der Waals surface area contributed by atoms with Crippen LogP contribution in [0.25, 0.3) is 0 Å². The average Bonchev–Trinajstić information content (AvgIpc) is 2.76. The zero-order valence-corrected chi connectivity index (χ0v) is 13.8. The van der Waals surface area contributed by atoms with E-state index in [9.17, 15) is 18.4 Å². The summed E-state index contributed by atoms with van der Waals surface area (Å²) in [5, 5.41) is 0. The normalized spacial score (nSPS) is 27.4. The van der Waals surface area contributed by atoms with Crippen LogP contribution in [0.1, 0.15) is 32.1 Å². The SMILES string of the molecule is Cc1cn([C@H]2C[C@H](F)[C@@](F)(COC(=O)C(C)C)O2)c(=O)[nH]c1=S. The maximum Gasteiger partial charge on any atom is 0.328 e. The van der Waals surface area contributed by atoms with E-state index in [1.54, 1.807) is 20.8 Å². The number of nitrogens with one attached hydrogen (secondary N) is 1. The van der Waals surface area contributed by atoms with Crippen LogP contribution >= 0.6 is 12.2 Å². The van der Waals surface area contributed by atoms with Crippen molar-refractivity contribution >= 4 is 18.2 Å². The molecule has 0 aliphatic carbocycles. The molecule has 3 atom stereocenters. The van der Waals surface area contributed by atoms with Crippen LogP contribution in [0.5, 0.6) is 0 Å². The Bertz CT molecular complexity index is 717. The first-order valence-corrected chi connectivity index (χ1v) is 7.54. The van der Waals surface area contributed by atoms with E-state index in [2.05, 4.69) is 4.98 Å². The third-order valence-electron chi connectivity index (χ3n) is 3.55. The maximum atomic E-state index is 14.6. The molecule has 1 aromatic heterocycles. The molecule has 0 bridgehead atoms. The number of aromatic amines is 1. The molecule has 1 N–H and O–H groups in total. The van der Waals surface area contributed by atoms with Gasteiger partial charge < -0.3 is 9.47 Å². The molecule has 0 amide bonds. The van der Waals surface area contributed by atoms with Crippen LogP contribution in [0.15, 0.2) is 11.0 Å². The van der Waals surface area contributed by atoms with Crippen LogP contribution in [-0.4, -0.2) is 34.2 Å². The molecule has 2 rings (SSSR count). The lowest BCUT2D eigenvalue weighted by molar-refractivity contribution is -0.209. The molecule has 1 fully saturated rings. The summed E-state index contributed by atoms with van der Waals surface area (Å²) in [6.45, 7) is 3.95. The predicted molar refractivity (Wildman–Crippen MR) is 79.9 cm³/mol. The standard InChI is InChI=1S/C14H18F2N2O4S/c1-7(2)12(19)21-6-14(16)9(15)4-10(22-14)18-5-8(3)11(23)17-13(18)20/h5,7,9-10H,4,6H2,1-3H3,(H,17,20,23)/t9-,10+,14+/m0/s1. The molecule has 128 valence electrons. The van der Waals surface area contributed by atoms with Gasteiger partial charge in [-0.1, -0.05) is 26.1 Å². The first-order chi connectivity index (χ1) is 10.6. The van der Waals surface area contributed by atoms with Crippen molar-refractivity contribution in [3.05, 3.63) is 26.9 Å². The van der Waals surface area contributed by atoms with Crippen molar-refractivity contribution in [2.45, 2.75) is 45.4 Å². The minimum absolute atomic E-state index is 0.249. The Labute approximate surface area is 136 Å². The average molecular weight is 348 g/mol. The van der Waals surface area contributed by atoms with Crippen LogP contribution in [0.3, 0.4) is 0 Å². The summed E-state index contributed by atoms with van der Waals surface area (Å²) in [5.41, 5.74) is -0.0533. The summed E-state index contributed by atoms with van der Waals surface area (Å²) in [6, 6.07) is 0. The maximum absolute atomic E-state index is 14.6. The van der Waals surface area contributed by atoms with Gasteiger partial charge in [0.25, 0.3) is 5.85 Å². The monoisotopic (exact) mass is 348 g/mol. The second-order valence-corrected chi connectivity index (χ2v) is 6.21. The van der Waals surface area contributed by atoms with Crippen molar-refractivity contribution in [3.8, 4) is 0 Å². The van der Waals surface area contributed by atoms with Crippen molar-refractivity contribution in [2.24, 2.45) is 5.92 Å². The number of esters is 1. The highest BCUT2D eigenvalue weighted by Gasteiger charge is 2.52. The molecule has 1 aromatic rings. The highest BCUT2D eigenvalue weighted by atomic mass is 32.1. The number of ether oxygens (including phenoxy) is 2. The summed E-state index contributed by atoms with van der Waals surface area (Å²) in [7, 11) is 0. The first-order valence-electron chi connectivity index (χ1n) is 7.13. The molecular formula is C14H18F2N2O4S. The fourth-order valence-electron chi connectivity index (χ4n) is 2.13. The number of H-pyrrole nitrogens is 1. The molecule has 1 aliphatic rings. The number of hydrogen-bond donors (Lipinski definition) is 1. The second-order valence-electron chi connectivity index (χ2n) is 5.80. The third kappa shape index (κ3) is 3.66. The van der Waals surface area contributed by atoms with Gasteiger partial charge in [-0.05, 0) is 6.92 Å². The lowest BCUT2D eigenvalue weighted by Gasteiger charge is -2.22. The lowest BCUT2D eigenvalue weighted by Crippen LogP contribution is -2.39. The zero-order valence-electron chi connectivity index (χ0n) is 13.0. The minimum atomic E-state index is -2.78. The highest BCUT2D eigenvalue weighted by Crippen LogP contribution is 2.39. The minimum Gasteiger partial charge on any atom is -0.459 e. The number of hydrogen-bond acceptors (Lipinski definition) is 5. The molecule has 23 heavy (non-hydrogen) atoms. The summed E-state index contributed by atoms with van der Waals surface area (Å²) in [5.74, 6) is -3.90. The number of carbonyl (C=O) groups excluding carboxylic acids is 1. The molecule has 2 heterocycles. The van der Waals surface area contributed by atoms with Gasteiger partial charge in [0.1, 0.15) is 10.9 Å². The number of rotatable bonds is 4. The van der Waals surface area contributed by atoms with E-state index in [4.69, 9.17) is 21.7 Å². The Morgan fingerprint density at radius 1 is 1.65 bits per heavy atom. The highest BCUT2D eigenvalue weighted by molar-refractivity contribution is 7.71. The Balaban J connectivity index is 2.17. The zero-order chi connectivity index (χ0) is 17.4. The van der Waals surface area contributed by atoms with Crippen molar-refractivity contribution < 1.29 is 23.0 Å². The van der Waals surface area contributed by atoms with E-state index >= 15 is 0 Å². The summed E-state index contributed by atoms with van der Waals surface area (Å²) in [6.07, 6.45) is -2.17. The number of aromatic nitrogens is 2. The van der Waals surface area contributed by atoms with Gasteiger partial charge in [0.15, 0.2) is 12.8 Å². The summed E-state index contributed by atoms with van der Waals surface area (Å²) >= 11 is 4.92. The van der Waals surface area contributed by atoms with E-state index in [1.807, 2.05) is 0 Å². The Hall–Kier alpha value is -1.61. The van der Waals surface area contributed by atoms with Gasteiger partial charge in [0.05, 0.1) is 5.92 Å². The van der Waals surface area contributed by atoms with Crippen molar-refractivity contribution in [2.75, 3.05) is 6.61 Å². The topological polar surface area (TPSA) is 73.3 Å². The molecule has 0 spiro atoms. The third-order valence-corrected chi connectivity index (χ3v) is 3.97. The van der Waals surface area contributed by atoms with E-state index in [0.717, 1.165) is 4.57 Å². The van der Waals surface area contributed by atoms with Crippen LogP contribution in [0.4, 0.5) is 8.78 Å². The number of carbonyl (C=O) groups is 1. The smallest absolute Gasteiger partial charge is 0.328 e. The summed E-state index contributed by atoms with van der Waals surface area (Å²) in [4.78, 5) is 25.7. The van der Waals surface area contributed by atoms with Crippen molar-refractivity contribution in [3.63, 3.8) is 0 Å². The van der Waals surface area contributed by atoms with Crippen LogP contribution in [0.2, 0.25) is 0 Å². The van der Waals surface area contributed by atoms with Gasteiger partial charge in [-0.2, -0.15) is 0 Å². The second kappa shape index (κ2) is 6.48. The van der Waals surface area contributed by atoms with Crippen LogP contribution in [0, 0.1) is 17.5 Å². The van der Waals surface area contributed by atoms with Crippen LogP contribution < -0.4 is 5.69 Å².